The Labute approximate surface area is 725 Å². The maximum atomic E-state index is 13.7. The quantitative estimate of drug-likeness (QED) is 0.0351. The fraction of sp³-hybridized carbons (Fsp3) is 0.479. The Morgan fingerprint density at radius 2 is 0.806 bits per heavy atom. The van der Waals surface area contributed by atoms with Gasteiger partial charge in [-0.05, 0) is 288 Å². The zero-order valence-corrected chi connectivity index (χ0v) is 74.3. The average Bonchev–Trinajstić information content (AvgIpc) is 1.49. The van der Waals surface area contributed by atoms with Crippen LogP contribution >= 0.6 is 0 Å². The van der Waals surface area contributed by atoms with Gasteiger partial charge in [0.25, 0.3) is 5.91 Å². The highest BCUT2D eigenvalue weighted by atomic mass is 19.2. The van der Waals surface area contributed by atoms with Crippen LogP contribution in [0.2, 0.25) is 0 Å². The largest absolute Gasteiger partial charge is 0.381 e. The van der Waals surface area contributed by atoms with E-state index in [1.165, 1.54) is 91.9 Å². The molecule has 0 bridgehead atoms. The van der Waals surface area contributed by atoms with Gasteiger partial charge in [-0.1, -0.05) is 69.2 Å². The number of aryl methyl sites for hydroxylation is 3. The van der Waals surface area contributed by atoms with Crippen LogP contribution in [-0.2, 0) is 58.0 Å². The molecule has 1 saturated carbocycles. The van der Waals surface area contributed by atoms with E-state index in [1.54, 1.807) is 62.9 Å². The SMILES string of the molecule is CC(=O)N1CC(C(=O)Nc2cc(F)cc(C(C)(C)C)c2)C1.CC(C)c1cc(F)cc(NC(=O)C2CCOCC2)c1.CC(C)c1cc(F)cc(NC(=O)C2CN(C)CCO2)c1.CC(C)c1cc(F)cc(NC(=O)CC2CCCO2)c1.CCC(=O)Nc1cc(C)cc(F)c1.Cc1cc(F)cc(NC(=O)CC2CC2)c1.Cc1cc(F)cc(NC(=O)CN2CCCC2)c1. The smallest absolute Gasteiger partial charge is 0.254 e. The molecule has 5 saturated heterocycles. The molecule has 6 fully saturated rings. The normalized spacial score (nSPS) is 16.4. The van der Waals surface area contributed by atoms with Crippen molar-refractivity contribution in [2.24, 2.45) is 17.8 Å². The van der Waals surface area contributed by atoms with E-state index in [2.05, 4.69) is 42.1 Å². The van der Waals surface area contributed by atoms with E-state index in [0.29, 0.717) is 111 Å². The topological polar surface area (TPSA) is 258 Å². The summed E-state index contributed by atoms with van der Waals surface area (Å²) >= 11 is 0. The Morgan fingerprint density at radius 3 is 1.21 bits per heavy atom. The molecule has 6 aliphatic rings. The minimum atomic E-state index is -0.500. The molecule has 7 aromatic carbocycles. The van der Waals surface area contributed by atoms with Gasteiger partial charge in [-0.15, -0.1) is 0 Å². The van der Waals surface area contributed by atoms with Crippen molar-refractivity contribution in [1.82, 2.24) is 14.7 Å². The molecule has 28 heteroatoms. The van der Waals surface area contributed by atoms with E-state index in [9.17, 15) is 69.1 Å². The highest BCUT2D eigenvalue weighted by Crippen LogP contribution is 2.34. The molecule has 0 radical (unpaired) electrons. The van der Waals surface area contributed by atoms with Crippen molar-refractivity contribution in [3.8, 4) is 0 Å². The lowest BCUT2D eigenvalue weighted by Crippen LogP contribution is -2.53. The lowest BCUT2D eigenvalue weighted by atomic mass is 9.86. The summed E-state index contributed by atoms with van der Waals surface area (Å²) in [5, 5.41) is 19.1. The Hall–Kier alpha value is -10.4. The number of morpholine rings is 1. The number of benzene rings is 7. The van der Waals surface area contributed by atoms with Crippen molar-refractivity contribution < 1.29 is 83.3 Å². The number of nitrogens with one attached hydrogen (secondary N) is 7. The monoisotopic (exact) mass is 1730 g/mol. The zero-order chi connectivity index (χ0) is 91.1. The van der Waals surface area contributed by atoms with Gasteiger partial charge >= 0.3 is 0 Å². The second kappa shape index (κ2) is 49.3. The zero-order valence-electron chi connectivity index (χ0n) is 74.3. The number of nitrogens with zero attached hydrogens (tertiary/aromatic N) is 3. The van der Waals surface area contributed by atoms with Crippen molar-refractivity contribution in [3.63, 3.8) is 0 Å². The number of amides is 8. The van der Waals surface area contributed by atoms with Crippen LogP contribution in [0.4, 0.5) is 70.5 Å². The van der Waals surface area contributed by atoms with Crippen LogP contribution in [0.15, 0.2) is 127 Å². The Morgan fingerprint density at radius 1 is 0.411 bits per heavy atom. The van der Waals surface area contributed by atoms with Crippen LogP contribution in [0.5, 0.6) is 0 Å². The summed E-state index contributed by atoms with van der Waals surface area (Å²) in [5.41, 5.74) is 9.31. The van der Waals surface area contributed by atoms with E-state index in [4.69, 9.17) is 14.2 Å². The van der Waals surface area contributed by atoms with E-state index in [1.807, 2.05) is 86.4 Å². The van der Waals surface area contributed by atoms with Crippen molar-refractivity contribution in [2.45, 2.75) is 203 Å². The number of likely N-dealkylation sites (N-methyl/N-ethyl adjacent to an activating group) is 1. The standard InChI is InChI=1S/C16H21FN2O2.C15H21FN2O2.2C15H20FNO2.C13H17FN2O.C12H14FNO.C10H12FNO/c1-10(20)19-8-11(9-19)15(21)18-14-6-12(16(2,3)4)5-13(17)7-14;1-10(2)11-6-12(16)8-13(7-11)17-15(19)14-9-18(3)4-5-20-14;1-10(2)12-7-13(16)9-14(8-12)17-15(18)11-3-5-19-6-4-11;1-10(2)11-6-12(16)8-13(7-11)17-15(18)9-14-4-3-5-19-14;1-10-6-11(14)8-12(7-10)15-13(17)9-16-4-2-3-5-16;1-8-4-10(13)7-11(5-8)14-12(15)6-9-2-3-9;1-3-10(13)12-9-5-7(2)4-8(11)6-9/h5-7,11H,8-9H2,1-4H3,(H,18,21);6-8,10,14H,4-5,9H2,1-3H3,(H,17,19);7-11H,3-6H2,1-2H3,(H,17,18);6-8,10,14H,3-5,9H2,1-2H3,(H,17,18);6-8H,2-5,9H2,1H3,(H,15,17);4-5,7,9H,2-3,6H2,1H3,(H,14,15);4-6H,3H2,1-2H3,(H,12,13). The van der Waals surface area contributed by atoms with Gasteiger partial charge in [0, 0.05) is 111 Å². The summed E-state index contributed by atoms with van der Waals surface area (Å²) in [6, 6.07) is 32.2. The van der Waals surface area contributed by atoms with Crippen LogP contribution in [0.3, 0.4) is 0 Å². The fourth-order valence-corrected chi connectivity index (χ4v) is 13.7. The molecule has 21 nitrogen and oxygen atoms in total. The molecule has 8 amide bonds. The van der Waals surface area contributed by atoms with Gasteiger partial charge in [0.2, 0.25) is 41.4 Å². The number of hydrogen-bond acceptors (Lipinski definition) is 13. The third-order valence-corrected chi connectivity index (χ3v) is 20.9. The maximum Gasteiger partial charge on any atom is 0.254 e. The minimum Gasteiger partial charge on any atom is -0.381 e. The van der Waals surface area contributed by atoms with Crippen molar-refractivity contribution in [3.05, 3.63) is 207 Å². The van der Waals surface area contributed by atoms with Crippen molar-refractivity contribution in [2.75, 3.05) is 117 Å². The molecule has 0 aromatic heterocycles. The van der Waals surface area contributed by atoms with Gasteiger partial charge in [0.15, 0.2) is 0 Å². The molecule has 5 aliphatic heterocycles. The van der Waals surface area contributed by atoms with Crippen LogP contribution in [-0.4, -0.2) is 153 Å². The lowest BCUT2D eigenvalue weighted by Gasteiger charge is -2.37. The predicted octanol–water partition coefficient (Wildman–Crippen LogP) is 19.1. The van der Waals surface area contributed by atoms with E-state index in [0.717, 1.165) is 117 Å². The minimum absolute atomic E-state index is 0.0116. The third kappa shape index (κ3) is 36.8. The number of rotatable bonds is 20. The van der Waals surface area contributed by atoms with Gasteiger partial charge in [-0.2, -0.15) is 0 Å². The van der Waals surface area contributed by atoms with Gasteiger partial charge in [-0.25, -0.2) is 30.7 Å². The number of hydrogen-bond donors (Lipinski definition) is 7. The average molecular weight is 1730 g/mol. The Kier molecular flexibility index (Phi) is 40.1. The van der Waals surface area contributed by atoms with Gasteiger partial charge in [0.1, 0.15) is 46.8 Å². The third-order valence-electron chi connectivity index (χ3n) is 20.9. The van der Waals surface area contributed by atoms with Crippen molar-refractivity contribution in [1.29, 1.82) is 0 Å². The molecule has 2 atom stereocenters. The molecule has 5 heterocycles. The van der Waals surface area contributed by atoms with Crippen LogP contribution in [0, 0.1) is 79.2 Å². The van der Waals surface area contributed by atoms with Crippen LogP contribution in [0.25, 0.3) is 0 Å². The molecular weight excluding hydrogens is 1600 g/mol. The number of anilines is 7. The van der Waals surface area contributed by atoms with E-state index < -0.39 is 6.10 Å². The Balaban J connectivity index is 0.000000200. The summed E-state index contributed by atoms with van der Waals surface area (Å²) in [7, 11) is 1.95. The molecule has 0 spiro atoms. The fourth-order valence-electron chi connectivity index (χ4n) is 13.7. The molecular formula is C96H125F7N10O11. The number of carbonyl (C=O) groups is 8. The predicted molar refractivity (Wildman–Crippen MR) is 474 cm³/mol. The van der Waals surface area contributed by atoms with Gasteiger partial charge in [0.05, 0.1) is 31.6 Å². The highest BCUT2D eigenvalue weighted by Gasteiger charge is 2.35. The number of halogens is 7. The molecule has 124 heavy (non-hydrogen) atoms. The molecule has 674 valence electrons. The number of ether oxygens (including phenoxy) is 3. The van der Waals surface area contributed by atoms with E-state index >= 15 is 0 Å². The first-order valence-electron chi connectivity index (χ1n) is 42.7. The lowest BCUT2D eigenvalue weighted by molar-refractivity contribution is -0.139. The first-order chi connectivity index (χ1) is 58.6. The maximum absolute atomic E-state index is 13.7. The summed E-state index contributed by atoms with van der Waals surface area (Å²) in [5.74, 6) is -2.08. The van der Waals surface area contributed by atoms with Crippen LogP contribution < -0.4 is 37.2 Å². The second-order valence-corrected chi connectivity index (χ2v) is 34.4. The summed E-state index contributed by atoms with van der Waals surface area (Å²) in [6.45, 7) is 33.7. The Bertz CT molecular complexity index is 4670. The molecule has 7 N–H and O–H groups in total. The summed E-state index contributed by atoms with van der Waals surface area (Å²) in [6.07, 6.45) is 8.83. The second-order valence-electron chi connectivity index (χ2n) is 34.4. The van der Waals surface area contributed by atoms with Gasteiger partial charge < -0.3 is 61.2 Å². The number of carbonyl (C=O) groups excluding carboxylic acids is 8. The van der Waals surface area contributed by atoms with E-state index in [-0.39, 0.29) is 129 Å². The van der Waals surface area contributed by atoms with Crippen LogP contribution in [0.1, 0.15) is 203 Å². The van der Waals surface area contributed by atoms with Gasteiger partial charge in [-0.3, -0.25) is 43.3 Å². The number of likely N-dealkylation sites (tertiary alicyclic amines) is 2. The molecule has 7 aromatic rings. The highest BCUT2D eigenvalue weighted by molar-refractivity contribution is 5.97. The first kappa shape index (κ1) is 101. The molecule has 13 rings (SSSR count). The summed E-state index contributed by atoms with van der Waals surface area (Å²) < 4.78 is 109. The van der Waals surface area contributed by atoms with Crippen molar-refractivity contribution >= 4 is 87.1 Å². The molecule has 1 aliphatic carbocycles. The molecule has 2 unspecified atom stereocenters. The first-order valence-corrected chi connectivity index (χ1v) is 42.7. The summed E-state index contributed by atoms with van der Waals surface area (Å²) in [4.78, 5) is 99.1.